The molecule has 1 heterocycles. The SMILES string of the molecule is Cl.O=C(NC1CCNCC1)c1ccc(NCc2ccccc2Cl)c([N+](=O)[O-])c1. The molecule has 1 aliphatic rings. The lowest BCUT2D eigenvalue weighted by Gasteiger charge is -2.23. The Labute approximate surface area is 174 Å². The van der Waals surface area contributed by atoms with Gasteiger partial charge in [0.1, 0.15) is 5.69 Å². The zero-order valence-corrected chi connectivity index (χ0v) is 16.7. The molecule has 0 saturated carbocycles. The van der Waals surface area contributed by atoms with Crippen LogP contribution in [0.25, 0.3) is 0 Å². The van der Waals surface area contributed by atoms with Gasteiger partial charge >= 0.3 is 0 Å². The van der Waals surface area contributed by atoms with Gasteiger partial charge in [-0.3, -0.25) is 14.9 Å². The number of amides is 1. The number of carbonyl (C=O) groups is 1. The van der Waals surface area contributed by atoms with E-state index in [-0.39, 0.29) is 35.6 Å². The highest BCUT2D eigenvalue weighted by Gasteiger charge is 2.20. The molecule has 1 aliphatic heterocycles. The highest BCUT2D eigenvalue weighted by Crippen LogP contribution is 2.27. The number of benzene rings is 2. The van der Waals surface area contributed by atoms with Crippen LogP contribution in [-0.4, -0.2) is 30.0 Å². The molecule has 2 aromatic rings. The molecule has 0 radical (unpaired) electrons. The van der Waals surface area contributed by atoms with Crippen molar-refractivity contribution in [3.63, 3.8) is 0 Å². The first-order valence-corrected chi connectivity index (χ1v) is 9.19. The van der Waals surface area contributed by atoms with Crippen molar-refractivity contribution < 1.29 is 9.72 Å². The molecule has 0 spiro atoms. The molecule has 0 aliphatic carbocycles. The maximum Gasteiger partial charge on any atom is 0.293 e. The van der Waals surface area contributed by atoms with E-state index in [0.29, 0.717) is 17.3 Å². The fourth-order valence-corrected chi connectivity index (χ4v) is 3.24. The van der Waals surface area contributed by atoms with Crippen molar-refractivity contribution >= 4 is 41.3 Å². The van der Waals surface area contributed by atoms with Gasteiger partial charge in [-0.1, -0.05) is 29.8 Å². The number of nitrogens with zero attached hydrogens (tertiary/aromatic N) is 1. The number of piperidine rings is 1. The van der Waals surface area contributed by atoms with Crippen molar-refractivity contribution in [3.05, 3.63) is 68.7 Å². The second-order valence-electron chi connectivity index (χ2n) is 6.43. The average molecular weight is 425 g/mol. The molecular formula is C19H22Cl2N4O3. The number of carbonyl (C=O) groups excluding carboxylic acids is 1. The fraction of sp³-hybridized carbons (Fsp3) is 0.316. The lowest BCUT2D eigenvalue weighted by Crippen LogP contribution is -2.42. The Morgan fingerprint density at radius 3 is 2.61 bits per heavy atom. The third-order valence-electron chi connectivity index (χ3n) is 4.56. The molecule has 3 rings (SSSR count). The summed E-state index contributed by atoms with van der Waals surface area (Å²) in [6, 6.07) is 11.9. The summed E-state index contributed by atoms with van der Waals surface area (Å²) < 4.78 is 0. The van der Waals surface area contributed by atoms with Crippen LogP contribution in [0.3, 0.4) is 0 Å². The first kappa shape index (κ1) is 21.9. The van der Waals surface area contributed by atoms with Crippen LogP contribution in [0.15, 0.2) is 42.5 Å². The highest BCUT2D eigenvalue weighted by molar-refractivity contribution is 6.31. The highest BCUT2D eigenvalue weighted by atomic mass is 35.5. The minimum absolute atomic E-state index is 0. The van der Waals surface area contributed by atoms with Crippen molar-refractivity contribution in [1.29, 1.82) is 0 Å². The van der Waals surface area contributed by atoms with E-state index < -0.39 is 4.92 Å². The Kier molecular flexibility index (Phi) is 8.04. The van der Waals surface area contributed by atoms with E-state index in [1.807, 2.05) is 18.2 Å². The van der Waals surface area contributed by atoms with Crippen molar-refractivity contribution in [2.45, 2.75) is 25.4 Å². The van der Waals surface area contributed by atoms with Gasteiger partial charge < -0.3 is 16.0 Å². The Morgan fingerprint density at radius 2 is 1.93 bits per heavy atom. The summed E-state index contributed by atoms with van der Waals surface area (Å²) in [6.45, 7) is 2.06. The van der Waals surface area contributed by atoms with Crippen LogP contribution in [0.5, 0.6) is 0 Å². The summed E-state index contributed by atoms with van der Waals surface area (Å²) in [6.07, 6.45) is 1.70. The normalized spacial score (nSPS) is 14.0. The fourth-order valence-electron chi connectivity index (χ4n) is 3.04. The van der Waals surface area contributed by atoms with Gasteiger partial charge in [0.2, 0.25) is 0 Å². The molecule has 9 heteroatoms. The molecule has 0 bridgehead atoms. The molecule has 0 atom stereocenters. The van der Waals surface area contributed by atoms with E-state index in [2.05, 4.69) is 16.0 Å². The monoisotopic (exact) mass is 424 g/mol. The molecule has 1 fully saturated rings. The second kappa shape index (κ2) is 10.3. The first-order valence-electron chi connectivity index (χ1n) is 8.82. The van der Waals surface area contributed by atoms with E-state index in [0.717, 1.165) is 31.5 Å². The molecule has 1 saturated heterocycles. The lowest BCUT2D eigenvalue weighted by molar-refractivity contribution is -0.384. The van der Waals surface area contributed by atoms with Crippen LogP contribution in [0.4, 0.5) is 11.4 Å². The standard InChI is InChI=1S/C19H21ClN4O3.ClH/c20-16-4-2-1-3-14(16)12-22-17-6-5-13(11-18(17)24(26)27)19(25)23-15-7-9-21-10-8-15;/h1-6,11,15,21-22H,7-10,12H2,(H,23,25);1H. The van der Waals surface area contributed by atoms with Crippen molar-refractivity contribution in [3.8, 4) is 0 Å². The topological polar surface area (TPSA) is 96.3 Å². The van der Waals surface area contributed by atoms with E-state index in [9.17, 15) is 14.9 Å². The molecule has 3 N–H and O–H groups in total. The van der Waals surface area contributed by atoms with E-state index in [1.165, 1.54) is 6.07 Å². The number of hydrogen-bond donors (Lipinski definition) is 3. The van der Waals surface area contributed by atoms with Crippen molar-refractivity contribution in [1.82, 2.24) is 10.6 Å². The van der Waals surface area contributed by atoms with Crippen LogP contribution in [0.1, 0.15) is 28.8 Å². The Morgan fingerprint density at radius 1 is 1.21 bits per heavy atom. The number of nitro groups is 1. The van der Waals surface area contributed by atoms with Gasteiger partial charge in [-0.25, -0.2) is 0 Å². The molecule has 0 unspecified atom stereocenters. The molecule has 150 valence electrons. The van der Waals surface area contributed by atoms with E-state index in [1.54, 1.807) is 18.2 Å². The first-order chi connectivity index (χ1) is 13.0. The van der Waals surface area contributed by atoms with Crippen LogP contribution in [0.2, 0.25) is 5.02 Å². The minimum Gasteiger partial charge on any atom is -0.375 e. The average Bonchev–Trinajstić information content (AvgIpc) is 2.68. The number of halogens is 2. The zero-order chi connectivity index (χ0) is 19.2. The number of nitro benzene ring substituents is 1. The van der Waals surface area contributed by atoms with Gasteiger partial charge in [0, 0.05) is 29.2 Å². The summed E-state index contributed by atoms with van der Waals surface area (Å²) >= 11 is 6.12. The third-order valence-corrected chi connectivity index (χ3v) is 4.93. The lowest BCUT2D eigenvalue weighted by atomic mass is 10.1. The van der Waals surface area contributed by atoms with Gasteiger partial charge in [0.25, 0.3) is 11.6 Å². The zero-order valence-electron chi connectivity index (χ0n) is 15.1. The van der Waals surface area contributed by atoms with Crippen LogP contribution in [0, 0.1) is 10.1 Å². The molecule has 28 heavy (non-hydrogen) atoms. The maximum atomic E-state index is 12.4. The smallest absolute Gasteiger partial charge is 0.293 e. The summed E-state index contributed by atoms with van der Waals surface area (Å²) in [7, 11) is 0. The summed E-state index contributed by atoms with van der Waals surface area (Å²) in [5.74, 6) is -0.289. The summed E-state index contributed by atoms with van der Waals surface area (Å²) in [5, 5.41) is 21.3. The van der Waals surface area contributed by atoms with E-state index in [4.69, 9.17) is 11.6 Å². The number of nitrogens with one attached hydrogen (secondary N) is 3. The third kappa shape index (κ3) is 5.58. The Bertz CT molecular complexity index is 842. The Hall–Kier alpha value is -2.35. The van der Waals surface area contributed by atoms with Crippen molar-refractivity contribution in [2.75, 3.05) is 18.4 Å². The van der Waals surface area contributed by atoms with Crippen LogP contribution < -0.4 is 16.0 Å². The van der Waals surface area contributed by atoms with Gasteiger partial charge in [0.15, 0.2) is 0 Å². The molecule has 1 amide bonds. The largest absolute Gasteiger partial charge is 0.375 e. The summed E-state index contributed by atoms with van der Waals surface area (Å²) in [5.41, 5.74) is 1.32. The predicted molar refractivity (Wildman–Crippen MR) is 112 cm³/mol. The van der Waals surface area contributed by atoms with E-state index >= 15 is 0 Å². The molecule has 2 aromatic carbocycles. The molecule has 7 nitrogen and oxygen atoms in total. The number of hydrogen-bond acceptors (Lipinski definition) is 5. The molecule has 0 aromatic heterocycles. The quantitative estimate of drug-likeness (QED) is 0.484. The van der Waals surface area contributed by atoms with Crippen molar-refractivity contribution in [2.24, 2.45) is 0 Å². The number of rotatable bonds is 6. The Balaban J connectivity index is 0.00000280. The number of anilines is 1. The summed E-state index contributed by atoms with van der Waals surface area (Å²) in [4.78, 5) is 23.4. The minimum atomic E-state index is -0.490. The van der Waals surface area contributed by atoms with Gasteiger partial charge in [-0.15, -0.1) is 12.4 Å². The molecular weight excluding hydrogens is 403 g/mol. The van der Waals surface area contributed by atoms with Gasteiger partial charge in [-0.05, 0) is 49.7 Å². The van der Waals surface area contributed by atoms with Gasteiger partial charge in [0.05, 0.1) is 4.92 Å². The maximum absolute atomic E-state index is 12.4. The van der Waals surface area contributed by atoms with Crippen LogP contribution in [-0.2, 0) is 6.54 Å². The van der Waals surface area contributed by atoms with Crippen LogP contribution >= 0.6 is 24.0 Å². The van der Waals surface area contributed by atoms with Gasteiger partial charge in [-0.2, -0.15) is 0 Å². The second-order valence-corrected chi connectivity index (χ2v) is 6.84. The predicted octanol–water partition coefficient (Wildman–Crippen LogP) is 3.76.